The predicted octanol–water partition coefficient (Wildman–Crippen LogP) is 1.53. The number of ether oxygens (including phenoxy) is 2. The molecule has 0 N–H and O–H groups in total. The van der Waals surface area contributed by atoms with Crippen LogP contribution in [0.1, 0.15) is 5.56 Å². The van der Waals surface area contributed by atoms with E-state index in [0.29, 0.717) is 19.7 Å². The summed E-state index contributed by atoms with van der Waals surface area (Å²) in [5, 5.41) is 0. The second-order valence-electron chi connectivity index (χ2n) is 4.09. The predicted molar refractivity (Wildman–Crippen MR) is 70.6 cm³/mol. The molecule has 18 heavy (non-hydrogen) atoms. The van der Waals surface area contributed by atoms with Gasteiger partial charge in [0, 0.05) is 12.7 Å². The van der Waals surface area contributed by atoms with Crippen LogP contribution in [0.25, 0.3) is 0 Å². The smallest absolute Gasteiger partial charge is 0.336 e. The first kappa shape index (κ1) is 13.3. The third-order valence-electron chi connectivity index (χ3n) is 2.89. The number of rotatable bonds is 2. The van der Waals surface area contributed by atoms with Crippen LogP contribution in [0.15, 0.2) is 16.7 Å². The Morgan fingerprint density at radius 1 is 1.67 bits per heavy atom. The highest BCUT2D eigenvalue weighted by atomic mass is 79.9. The average Bonchev–Trinajstić information content (AvgIpc) is 2.41. The summed E-state index contributed by atoms with van der Waals surface area (Å²) in [5.74, 6) is 0.496. The van der Waals surface area contributed by atoms with Crippen LogP contribution in [-0.2, 0) is 14.3 Å². The van der Waals surface area contributed by atoms with Crippen molar-refractivity contribution in [2.24, 2.45) is 0 Å². The number of anilines is 1. The largest absolute Gasteiger partial charge is 0.467 e. The molecule has 2 heterocycles. The molecular weight excluding hydrogens is 300 g/mol. The molecule has 1 unspecified atom stereocenters. The molecular formula is C12H15BrN2O3. The molecule has 0 saturated carbocycles. The van der Waals surface area contributed by atoms with Gasteiger partial charge in [-0.1, -0.05) is 0 Å². The highest BCUT2D eigenvalue weighted by molar-refractivity contribution is 9.10. The number of carbonyl (C=O) groups excluding carboxylic acids is 1. The second-order valence-corrected chi connectivity index (χ2v) is 4.89. The van der Waals surface area contributed by atoms with Crippen molar-refractivity contribution < 1.29 is 14.3 Å². The Kier molecular flexibility index (Phi) is 4.19. The van der Waals surface area contributed by atoms with E-state index in [1.54, 1.807) is 6.20 Å². The van der Waals surface area contributed by atoms with Crippen LogP contribution in [0.3, 0.4) is 0 Å². The summed E-state index contributed by atoms with van der Waals surface area (Å²) >= 11 is 3.53. The van der Waals surface area contributed by atoms with E-state index in [1.807, 2.05) is 17.9 Å². The molecule has 6 heteroatoms. The number of morpholine rings is 1. The van der Waals surface area contributed by atoms with Gasteiger partial charge >= 0.3 is 5.97 Å². The van der Waals surface area contributed by atoms with Crippen molar-refractivity contribution in [2.75, 3.05) is 31.7 Å². The number of methoxy groups -OCH3 is 1. The molecule has 1 fully saturated rings. The molecule has 0 bridgehead atoms. The Labute approximate surface area is 114 Å². The summed E-state index contributed by atoms with van der Waals surface area (Å²) in [6.07, 6.45) is 1.22. The number of aryl methyl sites for hydroxylation is 1. The molecule has 1 aliphatic heterocycles. The maximum absolute atomic E-state index is 11.5. The van der Waals surface area contributed by atoms with Crippen molar-refractivity contribution in [3.63, 3.8) is 0 Å². The fraction of sp³-hybridized carbons (Fsp3) is 0.500. The molecule has 1 aromatic heterocycles. The molecule has 1 aliphatic rings. The zero-order valence-corrected chi connectivity index (χ0v) is 11.9. The first-order valence-corrected chi connectivity index (χ1v) is 6.48. The first-order chi connectivity index (χ1) is 8.63. The van der Waals surface area contributed by atoms with Gasteiger partial charge in [0.25, 0.3) is 0 Å². The average molecular weight is 315 g/mol. The van der Waals surface area contributed by atoms with E-state index >= 15 is 0 Å². The summed E-state index contributed by atoms with van der Waals surface area (Å²) in [4.78, 5) is 17.9. The summed E-state index contributed by atoms with van der Waals surface area (Å²) in [6, 6.07) is 1.94. The Balaban J connectivity index is 2.18. The topological polar surface area (TPSA) is 51.7 Å². The van der Waals surface area contributed by atoms with Gasteiger partial charge in [-0.25, -0.2) is 9.78 Å². The van der Waals surface area contributed by atoms with Crippen LogP contribution in [-0.4, -0.2) is 43.9 Å². The lowest BCUT2D eigenvalue weighted by atomic mass is 10.2. The fourth-order valence-electron chi connectivity index (χ4n) is 1.86. The van der Waals surface area contributed by atoms with Gasteiger partial charge in [-0.2, -0.15) is 0 Å². The van der Waals surface area contributed by atoms with Gasteiger partial charge in [0.05, 0.1) is 24.7 Å². The lowest BCUT2D eigenvalue weighted by Gasteiger charge is -2.33. The molecule has 5 nitrogen and oxygen atoms in total. The number of hydrogen-bond acceptors (Lipinski definition) is 5. The number of pyridine rings is 1. The van der Waals surface area contributed by atoms with E-state index in [2.05, 4.69) is 20.9 Å². The monoisotopic (exact) mass is 314 g/mol. The van der Waals surface area contributed by atoms with Crippen molar-refractivity contribution in [1.29, 1.82) is 0 Å². The fourth-order valence-corrected chi connectivity index (χ4v) is 2.35. The second kappa shape index (κ2) is 5.67. The number of nitrogens with zero attached hydrogens (tertiary/aromatic N) is 2. The third-order valence-corrected chi connectivity index (χ3v) is 3.87. The lowest BCUT2D eigenvalue weighted by Crippen LogP contribution is -2.47. The molecule has 1 atom stereocenters. The summed E-state index contributed by atoms with van der Waals surface area (Å²) < 4.78 is 11.1. The Hall–Kier alpha value is -1.14. The molecule has 2 rings (SSSR count). The minimum Gasteiger partial charge on any atom is -0.467 e. The molecule has 0 radical (unpaired) electrons. The lowest BCUT2D eigenvalue weighted by molar-refractivity contribution is -0.154. The van der Waals surface area contributed by atoms with Crippen molar-refractivity contribution >= 4 is 27.7 Å². The standard InChI is InChI=1S/C12H15BrN2O3/c1-8-3-4-14-11(10(8)13)15-5-6-18-9(7-15)12(16)17-2/h3-4,9H,5-7H2,1-2H3. The van der Waals surface area contributed by atoms with Crippen molar-refractivity contribution in [1.82, 2.24) is 4.98 Å². The summed E-state index contributed by atoms with van der Waals surface area (Å²) in [6.45, 7) is 3.67. The molecule has 98 valence electrons. The number of hydrogen-bond donors (Lipinski definition) is 0. The van der Waals surface area contributed by atoms with E-state index in [1.165, 1.54) is 7.11 Å². The van der Waals surface area contributed by atoms with E-state index in [0.717, 1.165) is 15.9 Å². The van der Waals surface area contributed by atoms with Gasteiger partial charge in [0.2, 0.25) is 0 Å². The van der Waals surface area contributed by atoms with Crippen molar-refractivity contribution in [3.8, 4) is 0 Å². The van der Waals surface area contributed by atoms with Crippen LogP contribution in [0.4, 0.5) is 5.82 Å². The normalized spacial score (nSPS) is 19.7. The molecule has 0 aromatic carbocycles. The van der Waals surface area contributed by atoms with Crippen LogP contribution in [0.5, 0.6) is 0 Å². The van der Waals surface area contributed by atoms with E-state index < -0.39 is 6.10 Å². The maximum atomic E-state index is 11.5. The maximum Gasteiger partial charge on any atom is 0.336 e. The van der Waals surface area contributed by atoms with Crippen LogP contribution in [0, 0.1) is 6.92 Å². The Morgan fingerprint density at radius 3 is 3.17 bits per heavy atom. The quantitative estimate of drug-likeness (QED) is 0.775. The van der Waals surface area contributed by atoms with Crippen LogP contribution < -0.4 is 4.90 Å². The molecule has 0 aliphatic carbocycles. The molecule has 0 spiro atoms. The van der Waals surface area contributed by atoms with Crippen molar-refractivity contribution in [3.05, 3.63) is 22.3 Å². The first-order valence-electron chi connectivity index (χ1n) is 5.69. The number of esters is 1. The minimum absolute atomic E-state index is 0.344. The number of halogens is 1. The SMILES string of the molecule is COC(=O)C1CN(c2nccc(C)c2Br)CCO1. The van der Waals surface area contributed by atoms with Gasteiger partial charge in [-0.05, 0) is 34.5 Å². The Bertz CT molecular complexity index is 453. The van der Waals surface area contributed by atoms with E-state index in [9.17, 15) is 4.79 Å². The van der Waals surface area contributed by atoms with Gasteiger partial charge < -0.3 is 14.4 Å². The highest BCUT2D eigenvalue weighted by Gasteiger charge is 2.29. The zero-order chi connectivity index (χ0) is 13.1. The highest BCUT2D eigenvalue weighted by Crippen LogP contribution is 2.28. The number of aromatic nitrogens is 1. The third kappa shape index (κ3) is 2.64. The molecule has 0 amide bonds. The van der Waals surface area contributed by atoms with Gasteiger partial charge in [0.15, 0.2) is 6.10 Å². The van der Waals surface area contributed by atoms with Crippen molar-refractivity contribution in [2.45, 2.75) is 13.0 Å². The van der Waals surface area contributed by atoms with Crippen LogP contribution in [0.2, 0.25) is 0 Å². The van der Waals surface area contributed by atoms with Crippen LogP contribution >= 0.6 is 15.9 Å². The zero-order valence-electron chi connectivity index (χ0n) is 10.4. The van der Waals surface area contributed by atoms with E-state index in [4.69, 9.17) is 9.47 Å². The van der Waals surface area contributed by atoms with Gasteiger partial charge in [0.1, 0.15) is 5.82 Å². The minimum atomic E-state index is -0.544. The molecule has 1 saturated heterocycles. The summed E-state index contributed by atoms with van der Waals surface area (Å²) in [5.41, 5.74) is 1.11. The summed E-state index contributed by atoms with van der Waals surface area (Å²) in [7, 11) is 1.37. The molecule has 1 aromatic rings. The Morgan fingerprint density at radius 2 is 2.44 bits per heavy atom. The van der Waals surface area contributed by atoms with E-state index in [-0.39, 0.29) is 5.97 Å². The van der Waals surface area contributed by atoms with Gasteiger partial charge in [-0.15, -0.1) is 0 Å². The van der Waals surface area contributed by atoms with Gasteiger partial charge in [-0.3, -0.25) is 0 Å². The number of carbonyl (C=O) groups is 1.